The van der Waals surface area contributed by atoms with Crippen molar-refractivity contribution < 1.29 is 27.4 Å². The van der Waals surface area contributed by atoms with E-state index in [-0.39, 0.29) is 5.91 Å². The van der Waals surface area contributed by atoms with Crippen LogP contribution in [0.3, 0.4) is 0 Å². The summed E-state index contributed by atoms with van der Waals surface area (Å²) >= 11 is 1.82. The number of hydrogen-bond donors (Lipinski definition) is 0. The Balaban J connectivity index is 1.94. The Kier molecular flexibility index (Phi) is 9.10. The maximum Gasteiger partial charge on any atom is 0.416 e. The smallest absolute Gasteiger partial charge is 0.416 e. The van der Waals surface area contributed by atoms with E-state index in [1.807, 2.05) is 30.8 Å². The highest BCUT2D eigenvalue weighted by molar-refractivity contribution is 7.99. The first kappa shape index (κ1) is 25.7. The quantitative estimate of drug-likeness (QED) is 0.327. The molecule has 3 rings (SSSR count). The number of halogens is 3. The minimum atomic E-state index is -4.38. The van der Waals surface area contributed by atoms with Gasteiger partial charge in [-0.2, -0.15) is 24.9 Å². The maximum atomic E-state index is 13.0. The number of carbonyl (C=O) groups is 1. The number of rotatable bonds is 8. The van der Waals surface area contributed by atoms with Crippen molar-refractivity contribution in [2.24, 2.45) is 0 Å². The summed E-state index contributed by atoms with van der Waals surface area (Å²) in [5.74, 6) is 2.85. The fraction of sp³-hybridized carbons (Fsp3) is 0.346. The zero-order valence-electron chi connectivity index (χ0n) is 19.2. The van der Waals surface area contributed by atoms with E-state index in [2.05, 4.69) is 0 Å². The Morgan fingerprint density at radius 1 is 1.09 bits per heavy atom. The standard InChI is InChI=1S/C26H28F3NO3S/c1-3-14-33-24-17-20(8-11-23(24)32-2)21(18-25(31)30-12-15-34-16-13-30)7-4-19-5-9-22(10-6-19)26(27,28)29/h4-11,17-18H,3,12-16H2,1-2H3/b7-4+,21-18-. The van der Waals surface area contributed by atoms with Crippen LogP contribution in [-0.4, -0.2) is 49.1 Å². The largest absolute Gasteiger partial charge is 0.493 e. The van der Waals surface area contributed by atoms with Gasteiger partial charge in [-0.15, -0.1) is 0 Å². The Labute approximate surface area is 202 Å². The van der Waals surface area contributed by atoms with Gasteiger partial charge in [-0.25, -0.2) is 0 Å². The van der Waals surface area contributed by atoms with Crippen molar-refractivity contribution in [3.8, 4) is 11.5 Å². The van der Waals surface area contributed by atoms with Crippen LogP contribution in [0.5, 0.6) is 11.5 Å². The number of allylic oxidation sites excluding steroid dienone is 2. The number of alkyl halides is 3. The van der Waals surface area contributed by atoms with Gasteiger partial charge in [0.1, 0.15) is 0 Å². The predicted molar refractivity (Wildman–Crippen MR) is 131 cm³/mol. The molecule has 0 saturated carbocycles. The van der Waals surface area contributed by atoms with Gasteiger partial charge in [0.2, 0.25) is 5.91 Å². The number of nitrogens with zero attached hydrogens (tertiary/aromatic N) is 1. The van der Waals surface area contributed by atoms with Crippen LogP contribution in [0.2, 0.25) is 0 Å². The molecule has 0 bridgehead atoms. The fourth-order valence-corrected chi connectivity index (χ4v) is 4.29. The molecule has 1 heterocycles. The number of benzene rings is 2. The van der Waals surface area contributed by atoms with Gasteiger partial charge < -0.3 is 14.4 Å². The molecule has 1 aliphatic heterocycles. The van der Waals surface area contributed by atoms with Crippen LogP contribution in [0.4, 0.5) is 13.2 Å². The summed E-state index contributed by atoms with van der Waals surface area (Å²) in [5, 5.41) is 0. The average Bonchev–Trinajstić information content (AvgIpc) is 2.85. The van der Waals surface area contributed by atoms with E-state index in [9.17, 15) is 18.0 Å². The molecule has 0 aliphatic carbocycles. The van der Waals surface area contributed by atoms with Crippen molar-refractivity contribution in [1.82, 2.24) is 4.90 Å². The summed E-state index contributed by atoms with van der Waals surface area (Å²) in [6.07, 6.45) is 1.45. The second kappa shape index (κ2) is 12.0. The lowest BCUT2D eigenvalue weighted by molar-refractivity contribution is -0.137. The van der Waals surface area contributed by atoms with E-state index in [1.54, 1.807) is 36.3 Å². The third kappa shape index (κ3) is 7.06. The summed E-state index contributed by atoms with van der Waals surface area (Å²) in [5.41, 5.74) is 1.27. The molecule has 2 aromatic rings. The molecule has 182 valence electrons. The number of ether oxygens (including phenoxy) is 2. The van der Waals surface area contributed by atoms with Crippen molar-refractivity contribution in [3.63, 3.8) is 0 Å². The van der Waals surface area contributed by atoms with Crippen LogP contribution >= 0.6 is 11.8 Å². The molecule has 1 fully saturated rings. The maximum absolute atomic E-state index is 13.0. The summed E-state index contributed by atoms with van der Waals surface area (Å²) in [6.45, 7) is 3.89. The van der Waals surface area contributed by atoms with Gasteiger partial charge in [-0.1, -0.05) is 37.3 Å². The Morgan fingerprint density at radius 3 is 2.41 bits per heavy atom. The molecule has 0 unspecified atom stereocenters. The van der Waals surface area contributed by atoms with Crippen LogP contribution in [-0.2, 0) is 11.0 Å². The number of hydrogen-bond acceptors (Lipinski definition) is 4. The van der Waals surface area contributed by atoms with E-state index in [0.29, 0.717) is 42.3 Å². The summed E-state index contributed by atoms with van der Waals surface area (Å²) in [6, 6.07) is 10.3. The van der Waals surface area contributed by atoms with Crippen LogP contribution in [0.15, 0.2) is 54.6 Å². The highest BCUT2D eigenvalue weighted by atomic mass is 32.2. The van der Waals surface area contributed by atoms with E-state index >= 15 is 0 Å². The molecule has 4 nitrogen and oxygen atoms in total. The van der Waals surface area contributed by atoms with E-state index in [1.165, 1.54) is 12.1 Å². The SMILES string of the molecule is CCCOc1cc(C(=C\C(=O)N2CCSCC2)/C=C/c2ccc(C(F)(F)F)cc2)ccc1OC. The third-order valence-electron chi connectivity index (χ3n) is 5.25. The zero-order chi connectivity index (χ0) is 24.6. The molecule has 1 aliphatic rings. The molecular formula is C26H28F3NO3S. The van der Waals surface area contributed by atoms with Gasteiger partial charge >= 0.3 is 6.18 Å². The van der Waals surface area contributed by atoms with Crippen molar-refractivity contribution >= 4 is 29.3 Å². The van der Waals surface area contributed by atoms with E-state index < -0.39 is 11.7 Å². The molecule has 0 aromatic heterocycles. The normalized spacial score (nSPS) is 15.0. The van der Waals surface area contributed by atoms with Crippen molar-refractivity contribution in [3.05, 3.63) is 71.3 Å². The lowest BCUT2D eigenvalue weighted by atomic mass is 10.0. The third-order valence-corrected chi connectivity index (χ3v) is 6.20. The molecule has 1 saturated heterocycles. The van der Waals surface area contributed by atoms with Gasteiger partial charge in [0.05, 0.1) is 19.3 Å². The van der Waals surface area contributed by atoms with Crippen LogP contribution in [0.25, 0.3) is 11.6 Å². The number of thioether (sulfide) groups is 1. The zero-order valence-corrected chi connectivity index (χ0v) is 20.0. The molecule has 0 radical (unpaired) electrons. The van der Waals surface area contributed by atoms with Gasteiger partial charge in [-0.05, 0) is 47.4 Å². The fourth-order valence-electron chi connectivity index (χ4n) is 3.39. The minimum absolute atomic E-state index is 0.0980. The molecule has 0 spiro atoms. The number of methoxy groups -OCH3 is 1. The lowest BCUT2D eigenvalue weighted by Gasteiger charge is -2.25. The molecule has 2 aromatic carbocycles. The molecular weight excluding hydrogens is 463 g/mol. The monoisotopic (exact) mass is 491 g/mol. The van der Waals surface area contributed by atoms with Crippen LogP contribution < -0.4 is 9.47 Å². The first-order valence-corrected chi connectivity index (χ1v) is 12.2. The Bertz CT molecular complexity index is 1030. The lowest BCUT2D eigenvalue weighted by Crippen LogP contribution is -2.36. The predicted octanol–water partition coefficient (Wildman–Crippen LogP) is 6.18. The molecule has 34 heavy (non-hydrogen) atoms. The van der Waals surface area contributed by atoms with E-state index in [0.717, 1.165) is 35.6 Å². The molecule has 1 amide bonds. The second-order valence-corrected chi connectivity index (χ2v) is 8.93. The van der Waals surface area contributed by atoms with Crippen LogP contribution in [0, 0.1) is 0 Å². The topological polar surface area (TPSA) is 38.8 Å². The summed E-state index contributed by atoms with van der Waals surface area (Å²) < 4.78 is 49.8. The van der Waals surface area contributed by atoms with Gasteiger partial charge in [0, 0.05) is 30.7 Å². The molecule has 8 heteroatoms. The highest BCUT2D eigenvalue weighted by Gasteiger charge is 2.29. The first-order valence-electron chi connectivity index (χ1n) is 11.1. The minimum Gasteiger partial charge on any atom is -0.493 e. The van der Waals surface area contributed by atoms with Crippen molar-refractivity contribution in [1.29, 1.82) is 0 Å². The van der Waals surface area contributed by atoms with Gasteiger partial charge in [-0.3, -0.25) is 4.79 Å². The average molecular weight is 492 g/mol. The second-order valence-electron chi connectivity index (χ2n) is 7.70. The van der Waals surface area contributed by atoms with Gasteiger partial charge in [0.25, 0.3) is 0 Å². The Hall–Kier alpha value is -2.87. The van der Waals surface area contributed by atoms with E-state index in [4.69, 9.17) is 9.47 Å². The number of amides is 1. The van der Waals surface area contributed by atoms with Crippen molar-refractivity contribution in [2.45, 2.75) is 19.5 Å². The summed E-state index contributed by atoms with van der Waals surface area (Å²) in [4.78, 5) is 14.8. The Morgan fingerprint density at radius 2 is 1.79 bits per heavy atom. The molecule has 0 N–H and O–H groups in total. The number of carbonyl (C=O) groups excluding carboxylic acids is 1. The van der Waals surface area contributed by atoms with Crippen LogP contribution in [0.1, 0.15) is 30.0 Å². The molecule has 0 atom stereocenters. The highest BCUT2D eigenvalue weighted by Crippen LogP contribution is 2.32. The summed E-state index contributed by atoms with van der Waals surface area (Å²) in [7, 11) is 1.56. The van der Waals surface area contributed by atoms with Gasteiger partial charge in [0.15, 0.2) is 11.5 Å². The van der Waals surface area contributed by atoms with Crippen molar-refractivity contribution in [2.75, 3.05) is 38.3 Å². The first-order chi connectivity index (χ1) is 16.3.